The van der Waals surface area contributed by atoms with E-state index in [2.05, 4.69) is 23.8 Å². The molecule has 4 nitrogen and oxygen atoms in total. The number of piperidine rings is 1. The Balaban J connectivity index is 2.03. The van der Waals surface area contributed by atoms with Gasteiger partial charge in [0.25, 0.3) is 0 Å². The van der Waals surface area contributed by atoms with Crippen LogP contribution < -0.4 is 0 Å². The summed E-state index contributed by atoms with van der Waals surface area (Å²) in [6.07, 6.45) is 7.07. The third-order valence-electron chi connectivity index (χ3n) is 4.85. The molecule has 1 heterocycles. The van der Waals surface area contributed by atoms with Crippen LogP contribution in [0, 0.1) is 17.8 Å². The third kappa shape index (κ3) is 4.24. The fourth-order valence-electron chi connectivity index (χ4n) is 3.33. The van der Waals surface area contributed by atoms with Crippen molar-refractivity contribution in [3.63, 3.8) is 0 Å². The summed E-state index contributed by atoms with van der Waals surface area (Å²) in [5.41, 5.74) is -1.60. The van der Waals surface area contributed by atoms with Crippen molar-refractivity contribution in [2.24, 2.45) is 5.92 Å². The lowest BCUT2D eigenvalue weighted by atomic mass is 9.86. The predicted molar refractivity (Wildman–Crippen MR) is 86.2 cm³/mol. The summed E-state index contributed by atoms with van der Waals surface area (Å²) in [7, 11) is 2.07. The van der Waals surface area contributed by atoms with E-state index in [9.17, 15) is 9.90 Å². The molecule has 1 saturated carbocycles. The average Bonchev–Trinajstić information content (AvgIpc) is 3.04. The SMILES string of the molecule is CCCC#CC(O)(C(=O)OC1CCN(C)CC1)C1CCCC1. The molecule has 22 heavy (non-hydrogen) atoms. The number of nitrogens with zero attached hydrogens (tertiary/aromatic N) is 1. The number of ether oxygens (including phenoxy) is 1. The van der Waals surface area contributed by atoms with E-state index in [1.165, 1.54) is 0 Å². The summed E-state index contributed by atoms with van der Waals surface area (Å²) in [4.78, 5) is 14.8. The highest BCUT2D eigenvalue weighted by Crippen LogP contribution is 2.35. The molecule has 0 radical (unpaired) electrons. The van der Waals surface area contributed by atoms with Crippen LogP contribution in [0.4, 0.5) is 0 Å². The van der Waals surface area contributed by atoms with Crippen LogP contribution in [0.5, 0.6) is 0 Å². The molecule has 0 spiro atoms. The molecule has 4 heteroatoms. The first-order valence-corrected chi connectivity index (χ1v) is 8.68. The summed E-state index contributed by atoms with van der Waals surface area (Å²) in [5, 5.41) is 10.9. The van der Waals surface area contributed by atoms with Crippen molar-refractivity contribution in [2.75, 3.05) is 20.1 Å². The molecule has 1 atom stereocenters. The molecule has 1 N–H and O–H groups in total. The maximum absolute atomic E-state index is 12.6. The molecule has 0 amide bonds. The van der Waals surface area contributed by atoms with Gasteiger partial charge in [-0.2, -0.15) is 0 Å². The largest absolute Gasteiger partial charge is 0.459 e. The predicted octanol–water partition coefficient (Wildman–Crippen LogP) is 2.35. The summed E-state index contributed by atoms with van der Waals surface area (Å²) >= 11 is 0. The molecule has 2 rings (SSSR count). The van der Waals surface area contributed by atoms with Crippen LogP contribution in [0.3, 0.4) is 0 Å². The van der Waals surface area contributed by atoms with E-state index >= 15 is 0 Å². The van der Waals surface area contributed by atoms with Crippen molar-refractivity contribution in [1.29, 1.82) is 0 Å². The van der Waals surface area contributed by atoms with Gasteiger partial charge in [0.1, 0.15) is 6.10 Å². The number of unbranched alkanes of at least 4 members (excludes halogenated alkanes) is 1. The van der Waals surface area contributed by atoms with Crippen LogP contribution in [-0.2, 0) is 9.53 Å². The minimum Gasteiger partial charge on any atom is -0.459 e. The highest BCUT2D eigenvalue weighted by atomic mass is 16.6. The first-order chi connectivity index (χ1) is 10.6. The molecule has 0 bridgehead atoms. The second kappa shape index (κ2) is 7.99. The maximum Gasteiger partial charge on any atom is 0.351 e. The number of hydrogen-bond donors (Lipinski definition) is 1. The first kappa shape index (κ1) is 17.3. The van der Waals surface area contributed by atoms with Crippen molar-refractivity contribution in [3.8, 4) is 11.8 Å². The van der Waals surface area contributed by atoms with Crippen molar-refractivity contribution in [3.05, 3.63) is 0 Å². The minimum atomic E-state index is -1.60. The zero-order chi connectivity index (χ0) is 16.0. The van der Waals surface area contributed by atoms with Crippen molar-refractivity contribution in [2.45, 2.75) is 70.0 Å². The molecule has 0 aromatic rings. The summed E-state index contributed by atoms with van der Waals surface area (Å²) in [5.74, 6) is 5.24. The van der Waals surface area contributed by atoms with E-state index < -0.39 is 11.6 Å². The third-order valence-corrected chi connectivity index (χ3v) is 4.85. The van der Waals surface area contributed by atoms with E-state index in [-0.39, 0.29) is 12.0 Å². The van der Waals surface area contributed by atoms with Gasteiger partial charge < -0.3 is 14.7 Å². The average molecular weight is 307 g/mol. The molecule has 0 aromatic carbocycles. The van der Waals surface area contributed by atoms with Gasteiger partial charge in [-0.05, 0) is 39.2 Å². The van der Waals surface area contributed by atoms with E-state index in [4.69, 9.17) is 4.74 Å². The zero-order valence-corrected chi connectivity index (χ0v) is 13.9. The fraction of sp³-hybridized carbons (Fsp3) is 0.833. The van der Waals surface area contributed by atoms with E-state index in [1.807, 2.05) is 6.92 Å². The number of carbonyl (C=O) groups is 1. The number of likely N-dealkylation sites (tertiary alicyclic amines) is 1. The van der Waals surface area contributed by atoms with Crippen LogP contribution in [0.2, 0.25) is 0 Å². The highest BCUT2D eigenvalue weighted by Gasteiger charge is 2.46. The lowest BCUT2D eigenvalue weighted by Crippen LogP contribution is -2.47. The van der Waals surface area contributed by atoms with Crippen LogP contribution in [-0.4, -0.2) is 47.8 Å². The maximum atomic E-state index is 12.6. The molecule has 1 aliphatic heterocycles. The molecule has 2 aliphatic rings. The Morgan fingerprint density at radius 2 is 1.91 bits per heavy atom. The van der Waals surface area contributed by atoms with Gasteiger partial charge in [-0.3, -0.25) is 0 Å². The lowest BCUT2D eigenvalue weighted by molar-refractivity contribution is -0.171. The Labute approximate surface area is 134 Å². The quantitative estimate of drug-likeness (QED) is 0.640. The summed E-state index contributed by atoms with van der Waals surface area (Å²) in [6.45, 7) is 3.91. The number of esters is 1. The molecule has 1 aliphatic carbocycles. The molecular formula is C18H29NO3. The Hall–Kier alpha value is -1.05. The molecule has 0 aromatic heterocycles. The van der Waals surface area contributed by atoms with Gasteiger partial charge in [-0.15, -0.1) is 0 Å². The number of carbonyl (C=O) groups excluding carboxylic acids is 1. The number of aliphatic hydroxyl groups is 1. The monoisotopic (exact) mass is 307 g/mol. The molecule has 1 saturated heterocycles. The van der Waals surface area contributed by atoms with Crippen LogP contribution in [0.25, 0.3) is 0 Å². The zero-order valence-electron chi connectivity index (χ0n) is 13.9. The molecular weight excluding hydrogens is 278 g/mol. The van der Waals surface area contributed by atoms with E-state index in [0.717, 1.165) is 58.0 Å². The summed E-state index contributed by atoms with van der Waals surface area (Å²) < 4.78 is 5.63. The molecule has 124 valence electrons. The standard InChI is InChI=1S/C18H29NO3/c1-3-4-7-12-18(21,15-8-5-6-9-15)17(20)22-16-10-13-19(2)14-11-16/h15-16,21H,3-6,8-11,13-14H2,1-2H3. The Morgan fingerprint density at radius 3 is 2.50 bits per heavy atom. The van der Waals surface area contributed by atoms with Crippen LogP contribution in [0.1, 0.15) is 58.3 Å². The smallest absolute Gasteiger partial charge is 0.351 e. The van der Waals surface area contributed by atoms with Crippen molar-refractivity contribution in [1.82, 2.24) is 4.90 Å². The Kier molecular flexibility index (Phi) is 6.28. The molecule has 2 fully saturated rings. The van der Waals surface area contributed by atoms with Gasteiger partial charge in [0.2, 0.25) is 5.60 Å². The van der Waals surface area contributed by atoms with Gasteiger partial charge >= 0.3 is 5.97 Å². The van der Waals surface area contributed by atoms with Gasteiger partial charge in [0.05, 0.1) is 0 Å². The van der Waals surface area contributed by atoms with Crippen molar-refractivity contribution < 1.29 is 14.6 Å². The number of rotatable bonds is 4. The minimum absolute atomic E-state index is 0.0735. The second-order valence-corrected chi connectivity index (χ2v) is 6.71. The molecule has 1 unspecified atom stereocenters. The second-order valence-electron chi connectivity index (χ2n) is 6.71. The van der Waals surface area contributed by atoms with Gasteiger partial charge in [-0.25, -0.2) is 4.79 Å². The Morgan fingerprint density at radius 1 is 1.27 bits per heavy atom. The highest BCUT2D eigenvalue weighted by molar-refractivity contribution is 5.84. The summed E-state index contributed by atoms with van der Waals surface area (Å²) in [6, 6.07) is 0. The lowest BCUT2D eigenvalue weighted by Gasteiger charge is -2.32. The topological polar surface area (TPSA) is 49.8 Å². The first-order valence-electron chi connectivity index (χ1n) is 8.68. The van der Waals surface area contributed by atoms with Gasteiger partial charge in [0, 0.05) is 25.4 Å². The van der Waals surface area contributed by atoms with Crippen LogP contribution >= 0.6 is 0 Å². The fourth-order valence-corrected chi connectivity index (χ4v) is 3.33. The van der Waals surface area contributed by atoms with Gasteiger partial charge in [0.15, 0.2) is 0 Å². The van der Waals surface area contributed by atoms with Gasteiger partial charge in [-0.1, -0.05) is 31.6 Å². The van der Waals surface area contributed by atoms with Crippen molar-refractivity contribution >= 4 is 5.97 Å². The van der Waals surface area contributed by atoms with E-state index in [0.29, 0.717) is 6.42 Å². The van der Waals surface area contributed by atoms with Crippen LogP contribution in [0.15, 0.2) is 0 Å². The number of hydrogen-bond acceptors (Lipinski definition) is 4. The van der Waals surface area contributed by atoms with E-state index in [1.54, 1.807) is 0 Å². The normalized spacial score (nSPS) is 23.6. The Bertz CT molecular complexity index is 425.